The summed E-state index contributed by atoms with van der Waals surface area (Å²) in [6.45, 7) is 4.13. The highest BCUT2D eigenvalue weighted by atomic mass is 16.1. The SMILES string of the molecule is CCC(CC)NC(=O)c1cccnc1. The maximum atomic E-state index is 11.6. The van der Waals surface area contributed by atoms with Crippen LogP contribution in [0.1, 0.15) is 37.0 Å². The zero-order valence-electron chi connectivity index (χ0n) is 8.66. The Morgan fingerprint density at radius 3 is 2.71 bits per heavy atom. The average Bonchev–Trinajstić information content (AvgIpc) is 2.26. The Morgan fingerprint density at radius 1 is 1.50 bits per heavy atom. The number of nitrogens with one attached hydrogen (secondary N) is 1. The second kappa shape index (κ2) is 5.37. The molecular weight excluding hydrogens is 176 g/mol. The largest absolute Gasteiger partial charge is 0.349 e. The van der Waals surface area contributed by atoms with Gasteiger partial charge in [0.25, 0.3) is 5.91 Å². The van der Waals surface area contributed by atoms with Gasteiger partial charge in [-0.25, -0.2) is 0 Å². The first kappa shape index (κ1) is 10.7. The lowest BCUT2D eigenvalue weighted by atomic mass is 10.1. The lowest BCUT2D eigenvalue weighted by molar-refractivity contribution is 0.0934. The molecule has 3 heteroatoms. The number of pyridine rings is 1. The van der Waals surface area contributed by atoms with Crippen molar-refractivity contribution in [3.05, 3.63) is 30.1 Å². The fourth-order valence-electron chi connectivity index (χ4n) is 1.26. The fourth-order valence-corrected chi connectivity index (χ4v) is 1.26. The van der Waals surface area contributed by atoms with Gasteiger partial charge in [-0.05, 0) is 25.0 Å². The summed E-state index contributed by atoms with van der Waals surface area (Å²) in [6, 6.07) is 3.80. The van der Waals surface area contributed by atoms with Crippen molar-refractivity contribution in [2.45, 2.75) is 32.7 Å². The van der Waals surface area contributed by atoms with E-state index in [1.165, 1.54) is 0 Å². The lowest BCUT2D eigenvalue weighted by Gasteiger charge is -2.14. The van der Waals surface area contributed by atoms with Crippen molar-refractivity contribution in [2.75, 3.05) is 0 Å². The highest BCUT2D eigenvalue weighted by Crippen LogP contribution is 2.00. The van der Waals surface area contributed by atoms with E-state index in [0.717, 1.165) is 12.8 Å². The Bertz CT molecular complexity index is 281. The molecular formula is C11H16N2O. The summed E-state index contributed by atoms with van der Waals surface area (Å²) in [7, 11) is 0. The van der Waals surface area contributed by atoms with Crippen LogP contribution in [0, 0.1) is 0 Å². The summed E-state index contributed by atoms with van der Waals surface area (Å²) >= 11 is 0. The number of carbonyl (C=O) groups is 1. The van der Waals surface area contributed by atoms with Gasteiger partial charge in [0, 0.05) is 18.4 Å². The van der Waals surface area contributed by atoms with Crippen LogP contribution in [-0.2, 0) is 0 Å². The first-order valence-electron chi connectivity index (χ1n) is 4.98. The van der Waals surface area contributed by atoms with Crippen LogP contribution >= 0.6 is 0 Å². The van der Waals surface area contributed by atoms with Crippen LogP contribution in [0.25, 0.3) is 0 Å². The molecule has 0 unspecified atom stereocenters. The Morgan fingerprint density at radius 2 is 2.21 bits per heavy atom. The fraction of sp³-hybridized carbons (Fsp3) is 0.455. The van der Waals surface area contributed by atoms with Crippen molar-refractivity contribution in [1.82, 2.24) is 10.3 Å². The predicted octanol–water partition coefficient (Wildman–Crippen LogP) is 2.00. The Hall–Kier alpha value is -1.38. The van der Waals surface area contributed by atoms with Gasteiger partial charge in [0.05, 0.1) is 5.56 Å². The normalized spacial score (nSPS) is 10.2. The molecule has 14 heavy (non-hydrogen) atoms. The van der Waals surface area contributed by atoms with Gasteiger partial charge in [0.2, 0.25) is 0 Å². The molecule has 0 spiro atoms. The number of nitrogens with zero attached hydrogens (tertiary/aromatic N) is 1. The minimum absolute atomic E-state index is 0.0354. The number of aromatic nitrogens is 1. The van der Waals surface area contributed by atoms with Gasteiger partial charge in [-0.15, -0.1) is 0 Å². The summed E-state index contributed by atoms with van der Waals surface area (Å²) < 4.78 is 0. The zero-order valence-corrected chi connectivity index (χ0v) is 8.66. The molecule has 0 radical (unpaired) electrons. The van der Waals surface area contributed by atoms with Crippen LogP contribution < -0.4 is 5.32 Å². The van der Waals surface area contributed by atoms with Crippen molar-refractivity contribution >= 4 is 5.91 Å². The second-order valence-corrected chi connectivity index (χ2v) is 3.23. The van der Waals surface area contributed by atoms with Crippen LogP contribution in [0.4, 0.5) is 0 Å². The van der Waals surface area contributed by atoms with E-state index < -0.39 is 0 Å². The third-order valence-electron chi connectivity index (χ3n) is 2.24. The Labute approximate surface area is 84.6 Å². The van der Waals surface area contributed by atoms with Crippen LogP contribution in [0.15, 0.2) is 24.5 Å². The van der Waals surface area contributed by atoms with E-state index in [2.05, 4.69) is 24.1 Å². The van der Waals surface area contributed by atoms with Gasteiger partial charge in [-0.3, -0.25) is 9.78 Å². The van der Waals surface area contributed by atoms with Crippen LogP contribution in [0.3, 0.4) is 0 Å². The molecule has 0 atom stereocenters. The molecule has 0 aromatic carbocycles. The highest BCUT2D eigenvalue weighted by molar-refractivity contribution is 5.93. The van der Waals surface area contributed by atoms with Gasteiger partial charge >= 0.3 is 0 Å². The lowest BCUT2D eigenvalue weighted by Crippen LogP contribution is -2.33. The third kappa shape index (κ3) is 2.83. The molecule has 76 valence electrons. The highest BCUT2D eigenvalue weighted by Gasteiger charge is 2.09. The molecule has 0 bridgehead atoms. The molecule has 1 rings (SSSR count). The summed E-state index contributed by atoms with van der Waals surface area (Å²) in [6.07, 6.45) is 5.16. The van der Waals surface area contributed by atoms with Crippen molar-refractivity contribution < 1.29 is 4.79 Å². The van der Waals surface area contributed by atoms with Crippen LogP contribution in [0.5, 0.6) is 0 Å². The van der Waals surface area contributed by atoms with Crippen molar-refractivity contribution in [3.8, 4) is 0 Å². The minimum Gasteiger partial charge on any atom is -0.349 e. The van der Waals surface area contributed by atoms with Gasteiger partial charge in [0.15, 0.2) is 0 Å². The molecule has 0 saturated heterocycles. The second-order valence-electron chi connectivity index (χ2n) is 3.23. The number of hydrogen-bond acceptors (Lipinski definition) is 2. The Kier molecular flexibility index (Phi) is 4.11. The van der Waals surface area contributed by atoms with Crippen molar-refractivity contribution in [1.29, 1.82) is 0 Å². The average molecular weight is 192 g/mol. The molecule has 3 nitrogen and oxygen atoms in total. The van der Waals surface area contributed by atoms with E-state index in [9.17, 15) is 4.79 Å². The molecule has 1 amide bonds. The maximum absolute atomic E-state index is 11.6. The van der Waals surface area contributed by atoms with E-state index in [1.54, 1.807) is 24.5 Å². The molecule has 1 aromatic heterocycles. The minimum atomic E-state index is -0.0354. The number of amides is 1. The smallest absolute Gasteiger partial charge is 0.253 e. The van der Waals surface area contributed by atoms with Crippen LogP contribution in [-0.4, -0.2) is 16.9 Å². The molecule has 0 aliphatic rings. The zero-order chi connectivity index (χ0) is 10.4. The molecule has 0 aliphatic heterocycles. The molecule has 0 fully saturated rings. The maximum Gasteiger partial charge on any atom is 0.253 e. The molecule has 1 aromatic rings. The molecule has 1 N–H and O–H groups in total. The summed E-state index contributed by atoms with van der Waals surface area (Å²) in [5.74, 6) is -0.0354. The third-order valence-corrected chi connectivity index (χ3v) is 2.24. The van der Waals surface area contributed by atoms with E-state index in [-0.39, 0.29) is 11.9 Å². The van der Waals surface area contributed by atoms with Gasteiger partial charge in [0.1, 0.15) is 0 Å². The first-order chi connectivity index (χ1) is 6.77. The number of hydrogen-bond donors (Lipinski definition) is 1. The number of rotatable bonds is 4. The predicted molar refractivity (Wildman–Crippen MR) is 56.1 cm³/mol. The Balaban J connectivity index is 2.59. The summed E-state index contributed by atoms with van der Waals surface area (Å²) in [4.78, 5) is 15.5. The van der Waals surface area contributed by atoms with Gasteiger partial charge < -0.3 is 5.32 Å². The van der Waals surface area contributed by atoms with E-state index in [1.807, 2.05) is 0 Å². The van der Waals surface area contributed by atoms with E-state index in [0.29, 0.717) is 5.56 Å². The monoisotopic (exact) mass is 192 g/mol. The van der Waals surface area contributed by atoms with E-state index >= 15 is 0 Å². The quantitative estimate of drug-likeness (QED) is 0.792. The van der Waals surface area contributed by atoms with Crippen LogP contribution in [0.2, 0.25) is 0 Å². The summed E-state index contributed by atoms with van der Waals surface area (Å²) in [5, 5.41) is 2.95. The van der Waals surface area contributed by atoms with Crippen molar-refractivity contribution in [3.63, 3.8) is 0 Å². The van der Waals surface area contributed by atoms with E-state index in [4.69, 9.17) is 0 Å². The number of carbonyl (C=O) groups excluding carboxylic acids is 1. The summed E-state index contributed by atoms with van der Waals surface area (Å²) in [5.41, 5.74) is 0.624. The van der Waals surface area contributed by atoms with Gasteiger partial charge in [-0.1, -0.05) is 13.8 Å². The van der Waals surface area contributed by atoms with Gasteiger partial charge in [-0.2, -0.15) is 0 Å². The standard InChI is InChI=1S/C11H16N2O/c1-3-10(4-2)13-11(14)9-6-5-7-12-8-9/h5-8,10H,3-4H2,1-2H3,(H,13,14). The molecule has 1 heterocycles. The van der Waals surface area contributed by atoms with Crippen molar-refractivity contribution in [2.24, 2.45) is 0 Å². The first-order valence-corrected chi connectivity index (χ1v) is 4.98. The molecule has 0 saturated carbocycles. The molecule has 0 aliphatic carbocycles. The topological polar surface area (TPSA) is 42.0 Å².